The summed E-state index contributed by atoms with van der Waals surface area (Å²) in [5.41, 5.74) is 5.22. The minimum absolute atomic E-state index is 0.0518. The van der Waals surface area contributed by atoms with Crippen molar-refractivity contribution in [1.29, 1.82) is 0 Å². The van der Waals surface area contributed by atoms with E-state index >= 15 is 0 Å². The van der Waals surface area contributed by atoms with E-state index in [0.717, 1.165) is 25.3 Å². The Morgan fingerprint density at radius 3 is 2.67 bits per heavy atom. The van der Waals surface area contributed by atoms with Gasteiger partial charge in [0.2, 0.25) is 10.0 Å². The molecule has 1 saturated carbocycles. The predicted octanol–water partition coefficient (Wildman–Crippen LogP) is 2.02. The van der Waals surface area contributed by atoms with Crippen molar-refractivity contribution in [2.24, 2.45) is 5.73 Å². The summed E-state index contributed by atoms with van der Waals surface area (Å²) < 4.78 is 41.1. The molecule has 1 aliphatic carbocycles. The van der Waals surface area contributed by atoms with Gasteiger partial charge in [0.1, 0.15) is 10.8 Å². The topological polar surface area (TPSA) is 72.2 Å². The van der Waals surface area contributed by atoms with Crippen LogP contribution in [-0.2, 0) is 10.0 Å². The molecular formula is C13H17FN2O2S3. The molecule has 1 aromatic carbocycles. The predicted molar refractivity (Wildman–Crippen MR) is 87.6 cm³/mol. The lowest BCUT2D eigenvalue weighted by molar-refractivity contribution is 0.362. The largest absolute Gasteiger partial charge is 0.389 e. The summed E-state index contributed by atoms with van der Waals surface area (Å²) in [6.45, 7) is 0.323. The number of sulfonamides is 1. The molecule has 0 bridgehead atoms. The highest BCUT2D eigenvalue weighted by atomic mass is 32.2. The highest BCUT2D eigenvalue weighted by Crippen LogP contribution is 2.42. The summed E-state index contributed by atoms with van der Waals surface area (Å²) in [5, 5.41) is 0. The SMILES string of the molecule is CSC1(CNS(=O)(=O)c2cccc(F)c2C(N)=S)CCC1. The molecule has 3 N–H and O–H groups in total. The Kier molecular flexibility index (Phi) is 4.92. The monoisotopic (exact) mass is 348 g/mol. The third kappa shape index (κ3) is 3.39. The summed E-state index contributed by atoms with van der Waals surface area (Å²) in [6, 6.07) is 3.79. The van der Waals surface area contributed by atoms with Crippen molar-refractivity contribution in [1.82, 2.24) is 4.72 Å². The second-order valence-corrected chi connectivity index (χ2v) is 8.49. The van der Waals surface area contributed by atoms with Crippen molar-refractivity contribution >= 4 is 39.0 Å². The molecule has 1 aromatic rings. The van der Waals surface area contributed by atoms with Crippen LogP contribution in [0.25, 0.3) is 0 Å². The van der Waals surface area contributed by atoms with Gasteiger partial charge in [-0.15, -0.1) is 0 Å². The lowest BCUT2D eigenvalue weighted by atomic mass is 9.84. The summed E-state index contributed by atoms with van der Waals surface area (Å²) >= 11 is 6.42. The number of nitrogens with one attached hydrogen (secondary N) is 1. The van der Waals surface area contributed by atoms with E-state index in [9.17, 15) is 12.8 Å². The molecule has 21 heavy (non-hydrogen) atoms. The molecule has 8 heteroatoms. The number of thiocarbonyl (C=S) groups is 1. The van der Waals surface area contributed by atoms with E-state index in [1.54, 1.807) is 11.8 Å². The first kappa shape index (κ1) is 16.7. The first-order valence-electron chi connectivity index (χ1n) is 6.44. The molecule has 4 nitrogen and oxygen atoms in total. The van der Waals surface area contributed by atoms with Crippen molar-refractivity contribution < 1.29 is 12.8 Å². The molecule has 1 fully saturated rings. The third-order valence-corrected chi connectivity index (χ3v) is 6.86. The number of rotatable bonds is 6. The van der Waals surface area contributed by atoms with Crippen LogP contribution in [0.1, 0.15) is 24.8 Å². The van der Waals surface area contributed by atoms with Crippen LogP contribution >= 0.6 is 24.0 Å². The van der Waals surface area contributed by atoms with Gasteiger partial charge < -0.3 is 5.73 Å². The molecule has 0 heterocycles. The Morgan fingerprint density at radius 1 is 1.52 bits per heavy atom. The third-order valence-electron chi connectivity index (χ3n) is 3.79. The lowest BCUT2D eigenvalue weighted by Crippen LogP contribution is -2.45. The molecule has 0 unspecified atom stereocenters. The van der Waals surface area contributed by atoms with Crippen LogP contribution in [0.15, 0.2) is 23.1 Å². The van der Waals surface area contributed by atoms with E-state index in [4.69, 9.17) is 18.0 Å². The summed E-state index contributed by atoms with van der Waals surface area (Å²) in [6.07, 6.45) is 5.01. The van der Waals surface area contributed by atoms with Crippen LogP contribution in [0.3, 0.4) is 0 Å². The fourth-order valence-corrected chi connectivity index (χ4v) is 4.93. The summed E-state index contributed by atoms with van der Waals surface area (Å²) in [7, 11) is -3.85. The number of hydrogen-bond acceptors (Lipinski definition) is 4. The van der Waals surface area contributed by atoms with Gasteiger partial charge >= 0.3 is 0 Å². The Balaban J connectivity index is 2.28. The molecule has 0 saturated heterocycles. The van der Waals surface area contributed by atoms with Crippen molar-refractivity contribution in [2.75, 3.05) is 12.8 Å². The van der Waals surface area contributed by atoms with Crippen LogP contribution in [-0.4, -0.2) is 31.0 Å². The Labute approximate surface area is 133 Å². The van der Waals surface area contributed by atoms with Gasteiger partial charge in [-0.05, 0) is 31.2 Å². The first-order valence-corrected chi connectivity index (χ1v) is 9.56. The molecular weight excluding hydrogens is 331 g/mol. The number of thioether (sulfide) groups is 1. The van der Waals surface area contributed by atoms with Crippen LogP contribution in [0.5, 0.6) is 0 Å². The molecule has 1 aliphatic rings. The lowest BCUT2D eigenvalue weighted by Gasteiger charge is -2.40. The minimum Gasteiger partial charge on any atom is -0.389 e. The molecule has 0 radical (unpaired) electrons. The molecule has 2 rings (SSSR count). The second-order valence-electron chi connectivity index (χ2n) is 5.04. The zero-order valence-electron chi connectivity index (χ0n) is 11.6. The molecule has 0 aliphatic heterocycles. The van der Waals surface area contributed by atoms with Gasteiger partial charge in [0.05, 0.1) is 10.5 Å². The maximum absolute atomic E-state index is 13.8. The minimum atomic E-state index is -3.85. The maximum Gasteiger partial charge on any atom is 0.241 e. The highest BCUT2D eigenvalue weighted by molar-refractivity contribution is 8.00. The molecule has 0 aromatic heterocycles. The smallest absolute Gasteiger partial charge is 0.241 e. The van der Waals surface area contributed by atoms with Gasteiger partial charge in [0.15, 0.2) is 0 Å². The van der Waals surface area contributed by atoms with Crippen molar-refractivity contribution in [3.05, 3.63) is 29.6 Å². The van der Waals surface area contributed by atoms with Crippen LogP contribution in [0, 0.1) is 5.82 Å². The van der Waals surface area contributed by atoms with E-state index in [2.05, 4.69) is 4.72 Å². The number of hydrogen-bond donors (Lipinski definition) is 2. The van der Waals surface area contributed by atoms with Gasteiger partial charge in [-0.1, -0.05) is 24.7 Å². The number of benzene rings is 1. The quantitative estimate of drug-likeness (QED) is 0.770. The zero-order valence-corrected chi connectivity index (χ0v) is 14.0. The summed E-state index contributed by atoms with van der Waals surface area (Å²) in [5.74, 6) is -0.728. The van der Waals surface area contributed by atoms with Crippen molar-refractivity contribution in [3.8, 4) is 0 Å². The fraction of sp³-hybridized carbons (Fsp3) is 0.462. The van der Waals surface area contributed by atoms with E-state index < -0.39 is 15.8 Å². The van der Waals surface area contributed by atoms with Gasteiger partial charge in [-0.2, -0.15) is 11.8 Å². The average molecular weight is 348 g/mol. The van der Waals surface area contributed by atoms with E-state index in [1.165, 1.54) is 12.1 Å². The Morgan fingerprint density at radius 2 is 2.19 bits per heavy atom. The fourth-order valence-electron chi connectivity index (χ4n) is 2.30. The van der Waals surface area contributed by atoms with Crippen molar-refractivity contribution in [2.45, 2.75) is 28.9 Å². The van der Waals surface area contributed by atoms with Gasteiger partial charge in [-0.25, -0.2) is 17.5 Å². The van der Waals surface area contributed by atoms with E-state index in [1.807, 2.05) is 6.26 Å². The van der Waals surface area contributed by atoms with E-state index in [-0.39, 0.29) is 20.2 Å². The zero-order chi connectivity index (χ0) is 15.7. The normalized spacial score (nSPS) is 17.2. The van der Waals surface area contributed by atoms with Crippen LogP contribution in [0.2, 0.25) is 0 Å². The van der Waals surface area contributed by atoms with Gasteiger partial charge in [-0.3, -0.25) is 0 Å². The molecule has 0 amide bonds. The maximum atomic E-state index is 13.8. The Hall–Kier alpha value is -0.700. The molecule has 116 valence electrons. The van der Waals surface area contributed by atoms with Crippen LogP contribution < -0.4 is 10.5 Å². The van der Waals surface area contributed by atoms with Crippen LogP contribution in [0.4, 0.5) is 4.39 Å². The number of nitrogens with two attached hydrogens (primary N) is 1. The highest BCUT2D eigenvalue weighted by Gasteiger charge is 2.37. The van der Waals surface area contributed by atoms with Crippen molar-refractivity contribution in [3.63, 3.8) is 0 Å². The Bertz CT molecular complexity index is 652. The van der Waals surface area contributed by atoms with E-state index in [0.29, 0.717) is 6.54 Å². The average Bonchev–Trinajstić information content (AvgIpc) is 2.37. The number of halogens is 1. The molecule has 0 spiro atoms. The summed E-state index contributed by atoms with van der Waals surface area (Å²) in [4.78, 5) is -0.470. The van der Waals surface area contributed by atoms with Gasteiger partial charge in [0.25, 0.3) is 0 Å². The van der Waals surface area contributed by atoms with Gasteiger partial charge in [0, 0.05) is 11.3 Å². The molecule has 0 atom stereocenters. The first-order chi connectivity index (χ1) is 9.81. The second kappa shape index (κ2) is 6.20. The standard InChI is InChI=1S/C13H17FN2O2S3/c1-20-13(6-3-7-13)8-16-21(17,18)10-5-2-4-9(14)11(10)12(15)19/h2,4-5,16H,3,6-8H2,1H3,(H2,15,19).